The van der Waals surface area contributed by atoms with Gasteiger partial charge in [0.15, 0.2) is 0 Å². The van der Waals surface area contributed by atoms with Crippen LogP contribution < -0.4 is 5.32 Å². The molecule has 3 nitrogen and oxygen atoms in total. The molecule has 2 rings (SSSR count). The summed E-state index contributed by atoms with van der Waals surface area (Å²) >= 11 is 1.78. The van der Waals surface area contributed by atoms with E-state index in [4.69, 9.17) is 4.74 Å². The zero-order valence-corrected chi connectivity index (χ0v) is 11.6. The highest BCUT2D eigenvalue weighted by Crippen LogP contribution is 2.32. The molecule has 1 fully saturated rings. The van der Waals surface area contributed by atoms with Crippen molar-refractivity contribution in [1.29, 1.82) is 0 Å². The van der Waals surface area contributed by atoms with Gasteiger partial charge < -0.3 is 10.1 Å². The van der Waals surface area contributed by atoms with Crippen molar-refractivity contribution in [2.45, 2.75) is 33.1 Å². The molecule has 17 heavy (non-hydrogen) atoms. The second-order valence-corrected chi connectivity index (χ2v) is 5.94. The van der Waals surface area contributed by atoms with Crippen LogP contribution in [-0.4, -0.2) is 31.3 Å². The maximum absolute atomic E-state index is 5.70. The SMILES string of the molecule is CCNCC1(Cc2nc(C)cs2)CCCOC1. The summed E-state index contributed by atoms with van der Waals surface area (Å²) in [5, 5.41) is 6.88. The van der Waals surface area contributed by atoms with Crippen LogP contribution in [0.25, 0.3) is 0 Å². The normalized spacial score (nSPS) is 25.1. The molecular formula is C13H22N2OS. The minimum absolute atomic E-state index is 0.262. The third-order valence-corrected chi connectivity index (χ3v) is 4.31. The van der Waals surface area contributed by atoms with Gasteiger partial charge in [-0.25, -0.2) is 4.98 Å². The van der Waals surface area contributed by atoms with Crippen molar-refractivity contribution in [1.82, 2.24) is 10.3 Å². The van der Waals surface area contributed by atoms with E-state index in [9.17, 15) is 0 Å². The molecule has 1 aromatic rings. The van der Waals surface area contributed by atoms with Gasteiger partial charge >= 0.3 is 0 Å². The van der Waals surface area contributed by atoms with Crippen LogP contribution in [0.4, 0.5) is 0 Å². The largest absolute Gasteiger partial charge is 0.381 e. The van der Waals surface area contributed by atoms with Crippen LogP contribution in [0.2, 0.25) is 0 Å². The number of aryl methyl sites for hydroxylation is 1. The summed E-state index contributed by atoms with van der Waals surface area (Å²) in [6.07, 6.45) is 3.48. The van der Waals surface area contributed by atoms with Gasteiger partial charge in [0, 0.05) is 36.1 Å². The smallest absolute Gasteiger partial charge is 0.0935 e. The molecule has 1 aliphatic heterocycles. The van der Waals surface area contributed by atoms with Crippen molar-refractivity contribution in [3.63, 3.8) is 0 Å². The molecule has 96 valence electrons. The standard InChI is InChI=1S/C13H22N2OS/c1-3-14-9-13(5-4-6-16-10-13)7-12-15-11(2)8-17-12/h8,14H,3-7,9-10H2,1-2H3. The van der Waals surface area contributed by atoms with E-state index in [0.29, 0.717) is 0 Å². The highest BCUT2D eigenvalue weighted by atomic mass is 32.1. The minimum atomic E-state index is 0.262. The quantitative estimate of drug-likeness (QED) is 0.876. The molecule has 4 heteroatoms. The molecular weight excluding hydrogens is 232 g/mol. The molecule has 1 aromatic heterocycles. The summed E-state index contributed by atoms with van der Waals surface area (Å²) in [7, 11) is 0. The second-order valence-electron chi connectivity index (χ2n) is 5.00. The Hall–Kier alpha value is -0.450. The van der Waals surface area contributed by atoms with Crippen LogP contribution in [0.5, 0.6) is 0 Å². The van der Waals surface area contributed by atoms with Gasteiger partial charge in [-0.3, -0.25) is 0 Å². The lowest BCUT2D eigenvalue weighted by atomic mass is 9.79. The van der Waals surface area contributed by atoms with E-state index >= 15 is 0 Å². The number of aromatic nitrogens is 1. The Bertz CT molecular complexity index is 345. The summed E-state index contributed by atoms with van der Waals surface area (Å²) in [6, 6.07) is 0. The van der Waals surface area contributed by atoms with Gasteiger partial charge in [-0.1, -0.05) is 6.92 Å². The zero-order chi connectivity index (χ0) is 12.1. The van der Waals surface area contributed by atoms with Crippen LogP contribution in [0.3, 0.4) is 0 Å². The second kappa shape index (κ2) is 5.94. The Morgan fingerprint density at radius 1 is 1.59 bits per heavy atom. The molecule has 1 aliphatic rings. The van der Waals surface area contributed by atoms with Gasteiger partial charge in [-0.15, -0.1) is 11.3 Å². The van der Waals surface area contributed by atoms with E-state index in [0.717, 1.165) is 38.4 Å². The average molecular weight is 254 g/mol. The Balaban J connectivity index is 2.03. The third kappa shape index (κ3) is 3.50. The van der Waals surface area contributed by atoms with E-state index in [2.05, 4.69) is 29.5 Å². The van der Waals surface area contributed by atoms with Gasteiger partial charge in [0.1, 0.15) is 0 Å². The van der Waals surface area contributed by atoms with Crippen molar-refractivity contribution in [2.75, 3.05) is 26.3 Å². The van der Waals surface area contributed by atoms with Crippen molar-refractivity contribution >= 4 is 11.3 Å². The molecule has 1 saturated heterocycles. The maximum Gasteiger partial charge on any atom is 0.0935 e. The van der Waals surface area contributed by atoms with Crippen molar-refractivity contribution in [3.05, 3.63) is 16.1 Å². The van der Waals surface area contributed by atoms with Gasteiger partial charge in [0.25, 0.3) is 0 Å². The van der Waals surface area contributed by atoms with Crippen LogP contribution >= 0.6 is 11.3 Å². The van der Waals surface area contributed by atoms with E-state index < -0.39 is 0 Å². The summed E-state index contributed by atoms with van der Waals surface area (Å²) < 4.78 is 5.70. The van der Waals surface area contributed by atoms with Crippen LogP contribution in [0.1, 0.15) is 30.5 Å². The lowest BCUT2D eigenvalue weighted by Gasteiger charge is -2.36. The van der Waals surface area contributed by atoms with Crippen LogP contribution in [-0.2, 0) is 11.2 Å². The topological polar surface area (TPSA) is 34.2 Å². The average Bonchev–Trinajstić information content (AvgIpc) is 2.73. The Labute approximate surface area is 108 Å². The van der Waals surface area contributed by atoms with Crippen LogP contribution in [0.15, 0.2) is 5.38 Å². The maximum atomic E-state index is 5.70. The van der Waals surface area contributed by atoms with Crippen molar-refractivity contribution < 1.29 is 4.74 Å². The predicted molar refractivity (Wildman–Crippen MR) is 71.6 cm³/mol. The number of hydrogen-bond donors (Lipinski definition) is 1. The van der Waals surface area contributed by atoms with Crippen molar-refractivity contribution in [3.8, 4) is 0 Å². The molecule has 2 heterocycles. The first-order valence-electron chi connectivity index (χ1n) is 6.44. The molecule has 0 aliphatic carbocycles. The zero-order valence-electron chi connectivity index (χ0n) is 10.8. The number of rotatable bonds is 5. The first-order chi connectivity index (χ1) is 8.24. The number of nitrogens with zero attached hydrogens (tertiary/aromatic N) is 1. The molecule has 1 N–H and O–H groups in total. The lowest BCUT2D eigenvalue weighted by molar-refractivity contribution is -0.00693. The summed E-state index contributed by atoms with van der Waals surface area (Å²) in [5.74, 6) is 0. The van der Waals surface area contributed by atoms with E-state index in [-0.39, 0.29) is 5.41 Å². The van der Waals surface area contributed by atoms with E-state index in [1.54, 1.807) is 11.3 Å². The molecule has 0 radical (unpaired) electrons. The molecule has 0 amide bonds. The molecule has 0 bridgehead atoms. The van der Waals surface area contributed by atoms with Crippen molar-refractivity contribution in [2.24, 2.45) is 5.41 Å². The number of thiazole rings is 1. The molecule has 0 aromatic carbocycles. The number of hydrogen-bond acceptors (Lipinski definition) is 4. The number of nitrogens with one attached hydrogen (secondary N) is 1. The van der Waals surface area contributed by atoms with Gasteiger partial charge in [0.2, 0.25) is 0 Å². The van der Waals surface area contributed by atoms with Gasteiger partial charge in [-0.05, 0) is 26.3 Å². The fraction of sp³-hybridized carbons (Fsp3) is 0.769. The highest BCUT2D eigenvalue weighted by molar-refractivity contribution is 7.09. The fourth-order valence-electron chi connectivity index (χ4n) is 2.45. The molecule has 0 saturated carbocycles. The van der Waals surface area contributed by atoms with Gasteiger partial charge in [-0.2, -0.15) is 0 Å². The Morgan fingerprint density at radius 2 is 2.47 bits per heavy atom. The Kier molecular flexibility index (Phi) is 4.54. The molecule has 0 spiro atoms. The lowest BCUT2D eigenvalue weighted by Crippen LogP contribution is -2.42. The first-order valence-corrected chi connectivity index (χ1v) is 7.31. The first kappa shape index (κ1) is 13.0. The highest BCUT2D eigenvalue weighted by Gasteiger charge is 2.33. The van der Waals surface area contributed by atoms with E-state index in [1.165, 1.54) is 17.8 Å². The monoisotopic (exact) mass is 254 g/mol. The summed E-state index contributed by atoms with van der Waals surface area (Å²) in [6.45, 7) is 8.09. The molecule has 1 atom stereocenters. The van der Waals surface area contributed by atoms with Crippen LogP contribution in [0, 0.1) is 12.3 Å². The number of ether oxygens (including phenoxy) is 1. The summed E-state index contributed by atoms with van der Waals surface area (Å²) in [4.78, 5) is 4.59. The molecule has 1 unspecified atom stereocenters. The van der Waals surface area contributed by atoms with E-state index in [1.807, 2.05) is 0 Å². The Morgan fingerprint density at radius 3 is 3.06 bits per heavy atom. The van der Waals surface area contributed by atoms with Gasteiger partial charge in [0.05, 0.1) is 11.6 Å². The third-order valence-electron chi connectivity index (χ3n) is 3.35. The minimum Gasteiger partial charge on any atom is -0.381 e. The fourth-order valence-corrected chi connectivity index (χ4v) is 3.39. The summed E-state index contributed by atoms with van der Waals surface area (Å²) in [5.41, 5.74) is 1.40. The predicted octanol–water partition coefficient (Wildman–Crippen LogP) is 2.40.